The van der Waals surface area contributed by atoms with Gasteiger partial charge in [-0.15, -0.1) is 0 Å². The Labute approximate surface area is 112 Å². The topological polar surface area (TPSA) is 38.3 Å². The van der Waals surface area contributed by atoms with Crippen LogP contribution >= 0.6 is 0 Å². The van der Waals surface area contributed by atoms with Crippen molar-refractivity contribution < 1.29 is 9.53 Å². The lowest BCUT2D eigenvalue weighted by atomic mass is 10.1. The maximum Gasteiger partial charge on any atom is 0.340 e. The number of aryl methyl sites for hydroxylation is 2. The second kappa shape index (κ2) is 4.43. The highest BCUT2D eigenvalue weighted by Crippen LogP contribution is 2.33. The highest BCUT2D eigenvalue weighted by Gasteiger charge is 2.30. The number of esters is 1. The van der Waals surface area contributed by atoms with Gasteiger partial charge in [0.25, 0.3) is 0 Å². The number of carbonyl (C=O) groups excluding carboxylic acids is 1. The van der Waals surface area contributed by atoms with Gasteiger partial charge in [0.1, 0.15) is 0 Å². The van der Waals surface area contributed by atoms with Crippen molar-refractivity contribution in [2.45, 2.75) is 20.1 Å². The summed E-state index contributed by atoms with van der Waals surface area (Å²) in [6.07, 6.45) is -0.400. The van der Waals surface area contributed by atoms with E-state index in [1.165, 1.54) is 0 Å². The van der Waals surface area contributed by atoms with Gasteiger partial charge in [0.2, 0.25) is 6.23 Å². The van der Waals surface area contributed by atoms with Gasteiger partial charge in [0.15, 0.2) is 0 Å². The van der Waals surface area contributed by atoms with E-state index in [0.29, 0.717) is 5.56 Å². The Balaban J connectivity index is 1.96. The molecule has 19 heavy (non-hydrogen) atoms. The van der Waals surface area contributed by atoms with Crippen molar-refractivity contribution in [3.63, 3.8) is 0 Å². The van der Waals surface area contributed by atoms with E-state index < -0.39 is 6.23 Å². The van der Waals surface area contributed by atoms with Crippen LogP contribution < -0.4 is 5.32 Å². The Kier molecular flexibility index (Phi) is 2.75. The number of ether oxygens (including phenoxy) is 1. The summed E-state index contributed by atoms with van der Waals surface area (Å²) in [6, 6.07) is 13.6. The molecule has 2 aromatic rings. The molecule has 3 heteroatoms. The van der Waals surface area contributed by atoms with E-state index in [0.717, 1.165) is 22.4 Å². The van der Waals surface area contributed by atoms with Gasteiger partial charge in [0, 0.05) is 11.3 Å². The lowest BCUT2D eigenvalue weighted by molar-refractivity contribution is 0.0437. The quantitative estimate of drug-likeness (QED) is 0.831. The summed E-state index contributed by atoms with van der Waals surface area (Å²) < 4.78 is 5.40. The number of fused-ring (bicyclic) bond motifs is 1. The molecular weight excluding hydrogens is 238 g/mol. The Morgan fingerprint density at radius 1 is 1.00 bits per heavy atom. The molecule has 0 aromatic heterocycles. The largest absolute Gasteiger partial charge is 0.434 e. The van der Waals surface area contributed by atoms with Gasteiger partial charge >= 0.3 is 5.97 Å². The summed E-state index contributed by atoms with van der Waals surface area (Å²) in [7, 11) is 0. The van der Waals surface area contributed by atoms with Gasteiger partial charge in [-0.3, -0.25) is 0 Å². The van der Waals surface area contributed by atoms with Crippen molar-refractivity contribution in [3.8, 4) is 0 Å². The van der Waals surface area contributed by atoms with Gasteiger partial charge in [0.05, 0.1) is 5.56 Å². The third-order valence-electron chi connectivity index (χ3n) is 3.44. The summed E-state index contributed by atoms with van der Waals surface area (Å²) in [5.41, 5.74) is 4.85. The number of hydrogen-bond acceptors (Lipinski definition) is 3. The smallest absolute Gasteiger partial charge is 0.340 e. The molecule has 2 aromatic carbocycles. The van der Waals surface area contributed by atoms with Gasteiger partial charge < -0.3 is 10.1 Å². The number of hydrogen-bond donors (Lipinski definition) is 1. The Morgan fingerprint density at radius 2 is 1.68 bits per heavy atom. The highest BCUT2D eigenvalue weighted by atomic mass is 16.6. The SMILES string of the molecule is Cc1cccc(C)c1N[C@H]1OC(=O)c2ccccc21. The summed E-state index contributed by atoms with van der Waals surface area (Å²) in [5.74, 6) is -0.265. The number of cyclic esters (lactones) is 1. The fourth-order valence-electron chi connectivity index (χ4n) is 2.43. The number of para-hydroxylation sites is 1. The van der Waals surface area contributed by atoms with Gasteiger partial charge in [-0.1, -0.05) is 36.4 Å². The van der Waals surface area contributed by atoms with Crippen molar-refractivity contribution in [2.24, 2.45) is 0 Å². The van der Waals surface area contributed by atoms with E-state index in [1.54, 1.807) is 6.07 Å². The molecule has 0 spiro atoms. The first-order valence-corrected chi connectivity index (χ1v) is 6.29. The molecule has 1 N–H and O–H groups in total. The zero-order valence-electron chi connectivity index (χ0n) is 10.9. The fraction of sp³-hybridized carbons (Fsp3) is 0.188. The molecule has 0 bridgehead atoms. The van der Waals surface area contributed by atoms with E-state index in [-0.39, 0.29) is 5.97 Å². The maximum atomic E-state index is 11.8. The molecule has 1 aliphatic rings. The Morgan fingerprint density at radius 3 is 2.42 bits per heavy atom. The van der Waals surface area contributed by atoms with Crippen molar-refractivity contribution >= 4 is 11.7 Å². The first-order chi connectivity index (χ1) is 9.16. The van der Waals surface area contributed by atoms with Crippen LogP contribution in [0.25, 0.3) is 0 Å². The normalized spacial score (nSPS) is 16.9. The minimum atomic E-state index is -0.400. The Hall–Kier alpha value is -2.29. The average molecular weight is 253 g/mol. The molecule has 3 rings (SSSR count). The van der Waals surface area contributed by atoms with E-state index in [2.05, 4.69) is 5.32 Å². The van der Waals surface area contributed by atoms with Crippen LogP contribution in [0, 0.1) is 13.8 Å². The predicted octanol–water partition coefficient (Wildman–Crippen LogP) is 3.58. The predicted molar refractivity (Wildman–Crippen MR) is 74.1 cm³/mol. The second-order valence-corrected chi connectivity index (χ2v) is 4.78. The van der Waals surface area contributed by atoms with Crippen LogP contribution in [0.3, 0.4) is 0 Å². The molecule has 1 aliphatic heterocycles. The first kappa shape index (κ1) is 11.8. The molecule has 3 nitrogen and oxygen atoms in total. The molecule has 0 fully saturated rings. The van der Waals surface area contributed by atoms with Crippen molar-refractivity contribution in [2.75, 3.05) is 5.32 Å². The minimum absolute atomic E-state index is 0.265. The van der Waals surface area contributed by atoms with E-state index in [9.17, 15) is 4.79 Å². The van der Waals surface area contributed by atoms with Crippen LogP contribution in [0.5, 0.6) is 0 Å². The number of nitrogens with one attached hydrogen (secondary N) is 1. The van der Waals surface area contributed by atoms with E-state index >= 15 is 0 Å². The molecule has 1 heterocycles. The van der Waals surface area contributed by atoms with Crippen LogP contribution in [0.4, 0.5) is 5.69 Å². The molecule has 0 unspecified atom stereocenters. The second-order valence-electron chi connectivity index (χ2n) is 4.78. The summed E-state index contributed by atoms with van der Waals surface area (Å²) in [6.45, 7) is 4.08. The van der Waals surface area contributed by atoms with E-state index in [4.69, 9.17) is 4.74 Å². The summed E-state index contributed by atoms with van der Waals surface area (Å²) in [4.78, 5) is 11.8. The van der Waals surface area contributed by atoms with E-state index in [1.807, 2.05) is 50.2 Å². The third-order valence-corrected chi connectivity index (χ3v) is 3.44. The summed E-state index contributed by atoms with van der Waals surface area (Å²) in [5, 5.41) is 3.32. The first-order valence-electron chi connectivity index (χ1n) is 6.29. The van der Waals surface area contributed by atoms with Gasteiger partial charge in [-0.05, 0) is 31.0 Å². The van der Waals surface area contributed by atoms with Crippen LogP contribution in [0.15, 0.2) is 42.5 Å². The lowest BCUT2D eigenvalue weighted by Gasteiger charge is -2.18. The van der Waals surface area contributed by atoms with Crippen LogP contribution in [0.1, 0.15) is 33.3 Å². The fourth-order valence-corrected chi connectivity index (χ4v) is 2.43. The molecule has 0 radical (unpaired) electrons. The minimum Gasteiger partial charge on any atom is -0.434 e. The zero-order chi connectivity index (χ0) is 13.4. The van der Waals surface area contributed by atoms with Crippen molar-refractivity contribution in [3.05, 3.63) is 64.7 Å². The van der Waals surface area contributed by atoms with Gasteiger partial charge in [-0.2, -0.15) is 0 Å². The van der Waals surface area contributed by atoms with Crippen LogP contribution in [-0.4, -0.2) is 5.97 Å². The monoisotopic (exact) mass is 253 g/mol. The van der Waals surface area contributed by atoms with Crippen LogP contribution in [0.2, 0.25) is 0 Å². The average Bonchev–Trinajstić information content (AvgIpc) is 2.72. The molecule has 0 aliphatic carbocycles. The number of rotatable bonds is 2. The number of benzene rings is 2. The van der Waals surface area contributed by atoms with Crippen LogP contribution in [-0.2, 0) is 4.74 Å². The van der Waals surface area contributed by atoms with Crippen molar-refractivity contribution in [1.29, 1.82) is 0 Å². The number of carbonyl (C=O) groups is 1. The highest BCUT2D eigenvalue weighted by molar-refractivity contribution is 5.94. The standard InChI is InChI=1S/C16H15NO2/c1-10-6-5-7-11(2)14(10)17-15-12-8-3-4-9-13(12)16(18)19-15/h3-9,15,17H,1-2H3/t15-/m0/s1. The Bertz CT molecular complexity index is 629. The molecule has 1 atom stereocenters. The number of anilines is 1. The molecule has 0 saturated heterocycles. The molecular formula is C16H15NO2. The lowest BCUT2D eigenvalue weighted by Crippen LogP contribution is -2.12. The molecule has 0 saturated carbocycles. The third kappa shape index (κ3) is 1.97. The zero-order valence-corrected chi connectivity index (χ0v) is 10.9. The molecule has 0 amide bonds. The van der Waals surface area contributed by atoms with Crippen molar-refractivity contribution in [1.82, 2.24) is 0 Å². The van der Waals surface area contributed by atoms with Gasteiger partial charge in [-0.25, -0.2) is 4.79 Å². The summed E-state index contributed by atoms with van der Waals surface area (Å²) >= 11 is 0. The maximum absolute atomic E-state index is 11.8. The molecule has 96 valence electrons.